The third-order valence-electron chi connectivity index (χ3n) is 2.99. The summed E-state index contributed by atoms with van der Waals surface area (Å²) in [5.41, 5.74) is 0.680. The average Bonchev–Trinajstić information content (AvgIpc) is 2.40. The maximum absolute atomic E-state index is 12.0. The Kier molecular flexibility index (Phi) is 3.99. The highest BCUT2D eigenvalue weighted by molar-refractivity contribution is 5.89. The standard InChI is InChI=1S/C12H18N4O2/c1-15-5-7-16(8-6-15)12(17)14-10-3-4-11(18-2)13-9-10/h3-4,9H,5-8H2,1-2H3,(H,14,17). The Labute approximate surface area is 107 Å². The SMILES string of the molecule is COc1ccc(NC(=O)N2CCN(C)CC2)cn1. The van der Waals surface area contributed by atoms with Crippen molar-refractivity contribution >= 4 is 11.7 Å². The maximum Gasteiger partial charge on any atom is 0.321 e. The number of piperazine rings is 1. The molecule has 6 nitrogen and oxygen atoms in total. The molecule has 0 aliphatic carbocycles. The zero-order valence-corrected chi connectivity index (χ0v) is 10.7. The highest BCUT2D eigenvalue weighted by atomic mass is 16.5. The first-order valence-corrected chi connectivity index (χ1v) is 5.93. The first kappa shape index (κ1) is 12.6. The van der Waals surface area contributed by atoms with E-state index in [4.69, 9.17) is 4.74 Å². The summed E-state index contributed by atoms with van der Waals surface area (Å²) in [5, 5.41) is 2.83. The molecular formula is C12H18N4O2. The molecule has 2 rings (SSSR count). The lowest BCUT2D eigenvalue weighted by Gasteiger charge is -2.32. The van der Waals surface area contributed by atoms with Crippen LogP contribution >= 0.6 is 0 Å². The van der Waals surface area contributed by atoms with Crippen molar-refractivity contribution in [3.8, 4) is 5.88 Å². The van der Waals surface area contributed by atoms with Gasteiger partial charge in [-0.1, -0.05) is 0 Å². The number of rotatable bonds is 2. The van der Waals surface area contributed by atoms with E-state index in [1.807, 2.05) is 4.90 Å². The van der Waals surface area contributed by atoms with Crippen LogP contribution in [-0.4, -0.2) is 61.2 Å². The van der Waals surface area contributed by atoms with Gasteiger partial charge in [-0.15, -0.1) is 0 Å². The van der Waals surface area contributed by atoms with Crippen LogP contribution in [0.4, 0.5) is 10.5 Å². The van der Waals surface area contributed by atoms with Gasteiger partial charge in [0, 0.05) is 32.2 Å². The van der Waals surface area contributed by atoms with Crippen molar-refractivity contribution < 1.29 is 9.53 Å². The Balaban J connectivity index is 1.90. The summed E-state index contributed by atoms with van der Waals surface area (Å²) in [5.74, 6) is 0.535. The van der Waals surface area contributed by atoms with Crippen molar-refractivity contribution in [3.05, 3.63) is 18.3 Å². The van der Waals surface area contributed by atoms with E-state index in [9.17, 15) is 4.79 Å². The van der Waals surface area contributed by atoms with Crippen molar-refractivity contribution in [1.29, 1.82) is 0 Å². The molecule has 0 atom stereocenters. The first-order valence-electron chi connectivity index (χ1n) is 5.93. The van der Waals surface area contributed by atoms with Gasteiger partial charge in [-0.2, -0.15) is 0 Å². The molecule has 2 amide bonds. The first-order chi connectivity index (χ1) is 8.69. The van der Waals surface area contributed by atoms with E-state index in [1.165, 1.54) is 0 Å². The summed E-state index contributed by atoms with van der Waals surface area (Å²) in [7, 11) is 3.62. The molecule has 6 heteroatoms. The van der Waals surface area contributed by atoms with Crippen LogP contribution in [0.3, 0.4) is 0 Å². The molecule has 1 aromatic rings. The number of methoxy groups -OCH3 is 1. The van der Waals surface area contributed by atoms with Crippen LogP contribution in [0.5, 0.6) is 5.88 Å². The van der Waals surface area contributed by atoms with Gasteiger partial charge in [0.15, 0.2) is 0 Å². The lowest BCUT2D eigenvalue weighted by atomic mass is 10.3. The fourth-order valence-corrected chi connectivity index (χ4v) is 1.79. The van der Waals surface area contributed by atoms with E-state index in [-0.39, 0.29) is 6.03 Å². The monoisotopic (exact) mass is 250 g/mol. The molecule has 1 saturated heterocycles. The normalized spacial score (nSPS) is 16.4. The third-order valence-corrected chi connectivity index (χ3v) is 2.99. The molecule has 0 radical (unpaired) electrons. The Bertz CT molecular complexity index is 399. The van der Waals surface area contributed by atoms with Gasteiger partial charge >= 0.3 is 6.03 Å². The number of ether oxygens (including phenoxy) is 1. The second-order valence-electron chi connectivity index (χ2n) is 4.31. The van der Waals surface area contributed by atoms with Gasteiger partial charge in [0.25, 0.3) is 0 Å². The quantitative estimate of drug-likeness (QED) is 0.846. The van der Waals surface area contributed by atoms with E-state index in [0.29, 0.717) is 11.6 Å². The maximum atomic E-state index is 12.0. The Hall–Kier alpha value is -1.82. The molecular weight excluding hydrogens is 232 g/mol. The smallest absolute Gasteiger partial charge is 0.321 e. The second-order valence-corrected chi connectivity index (χ2v) is 4.31. The Morgan fingerprint density at radius 1 is 1.33 bits per heavy atom. The van der Waals surface area contributed by atoms with Gasteiger partial charge in [-0.3, -0.25) is 0 Å². The predicted octanol–water partition coefficient (Wildman–Crippen LogP) is 0.869. The highest BCUT2D eigenvalue weighted by Gasteiger charge is 2.18. The van der Waals surface area contributed by atoms with E-state index in [1.54, 1.807) is 25.4 Å². The molecule has 0 bridgehead atoms. The van der Waals surface area contributed by atoms with Gasteiger partial charge in [0.1, 0.15) is 0 Å². The minimum Gasteiger partial charge on any atom is -0.481 e. The number of nitrogens with one attached hydrogen (secondary N) is 1. The van der Waals surface area contributed by atoms with Gasteiger partial charge in [0.2, 0.25) is 5.88 Å². The van der Waals surface area contributed by atoms with Gasteiger partial charge < -0.3 is 19.9 Å². The van der Waals surface area contributed by atoms with Gasteiger partial charge in [0.05, 0.1) is 19.0 Å². The van der Waals surface area contributed by atoms with Gasteiger partial charge in [-0.05, 0) is 13.1 Å². The lowest BCUT2D eigenvalue weighted by molar-refractivity contribution is 0.164. The van der Waals surface area contributed by atoms with Crippen LogP contribution in [0.2, 0.25) is 0 Å². The predicted molar refractivity (Wildman–Crippen MR) is 68.9 cm³/mol. The minimum atomic E-state index is -0.0740. The van der Waals surface area contributed by atoms with Crippen molar-refractivity contribution in [2.75, 3.05) is 45.7 Å². The molecule has 1 N–H and O–H groups in total. The summed E-state index contributed by atoms with van der Waals surface area (Å²) in [4.78, 5) is 20.0. The number of carbonyl (C=O) groups is 1. The van der Waals surface area contributed by atoms with Gasteiger partial charge in [-0.25, -0.2) is 9.78 Å². The number of hydrogen-bond donors (Lipinski definition) is 1. The molecule has 1 aliphatic heterocycles. The number of anilines is 1. The van der Waals surface area contributed by atoms with Crippen LogP contribution in [-0.2, 0) is 0 Å². The van der Waals surface area contributed by atoms with E-state index < -0.39 is 0 Å². The summed E-state index contributed by atoms with van der Waals surface area (Å²) >= 11 is 0. The number of hydrogen-bond acceptors (Lipinski definition) is 4. The van der Waals surface area contributed by atoms with Crippen LogP contribution in [0, 0.1) is 0 Å². The molecule has 0 unspecified atom stereocenters. The molecule has 1 aromatic heterocycles. The number of aromatic nitrogens is 1. The number of carbonyl (C=O) groups excluding carboxylic acids is 1. The minimum absolute atomic E-state index is 0.0740. The van der Waals surface area contributed by atoms with Crippen molar-refractivity contribution in [1.82, 2.24) is 14.8 Å². The molecule has 0 saturated carbocycles. The molecule has 1 aliphatic rings. The van der Waals surface area contributed by atoms with Crippen LogP contribution in [0.25, 0.3) is 0 Å². The molecule has 0 aromatic carbocycles. The number of amides is 2. The van der Waals surface area contributed by atoms with Crippen LogP contribution < -0.4 is 10.1 Å². The molecule has 18 heavy (non-hydrogen) atoms. The number of pyridine rings is 1. The fourth-order valence-electron chi connectivity index (χ4n) is 1.79. The largest absolute Gasteiger partial charge is 0.481 e. The number of likely N-dealkylation sites (N-methyl/N-ethyl adjacent to an activating group) is 1. The molecule has 98 valence electrons. The molecule has 0 spiro atoms. The van der Waals surface area contributed by atoms with Crippen LogP contribution in [0.1, 0.15) is 0 Å². The number of urea groups is 1. The van der Waals surface area contributed by atoms with Crippen molar-refractivity contribution in [2.45, 2.75) is 0 Å². The van der Waals surface area contributed by atoms with Crippen molar-refractivity contribution in [3.63, 3.8) is 0 Å². The Morgan fingerprint density at radius 2 is 2.06 bits per heavy atom. The highest BCUT2D eigenvalue weighted by Crippen LogP contribution is 2.12. The lowest BCUT2D eigenvalue weighted by Crippen LogP contribution is -2.48. The summed E-state index contributed by atoms with van der Waals surface area (Å²) in [6.45, 7) is 3.33. The zero-order chi connectivity index (χ0) is 13.0. The third kappa shape index (κ3) is 3.10. The summed E-state index contributed by atoms with van der Waals surface area (Å²) in [6, 6.07) is 3.43. The van der Waals surface area contributed by atoms with E-state index >= 15 is 0 Å². The second kappa shape index (κ2) is 5.68. The average molecular weight is 250 g/mol. The topological polar surface area (TPSA) is 57.7 Å². The van der Waals surface area contributed by atoms with E-state index in [2.05, 4.69) is 22.2 Å². The van der Waals surface area contributed by atoms with E-state index in [0.717, 1.165) is 26.2 Å². The molecule has 1 fully saturated rings. The summed E-state index contributed by atoms with van der Waals surface area (Å²) in [6.07, 6.45) is 1.59. The fraction of sp³-hybridized carbons (Fsp3) is 0.500. The van der Waals surface area contributed by atoms with Crippen LogP contribution in [0.15, 0.2) is 18.3 Å². The molecule has 2 heterocycles. The zero-order valence-electron chi connectivity index (χ0n) is 10.7. The summed E-state index contributed by atoms with van der Waals surface area (Å²) < 4.78 is 4.96. The Morgan fingerprint density at radius 3 is 2.61 bits per heavy atom. The number of nitrogens with zero attached hydrogens (tertiary/aromatic N) is 3. The van der Waals surface area contributed by atoms with Crippen molar-refractivity contribution in [2.24, 2.45) is 0 Å².